The van der Waals surface area contributed by atoms with Gasteiger partial charge in [0.2, 0.25) is 11.7 Å². The second kappa shape index (κ2) is 16.7. The monoisotopic (exact) mass is 934 g/mol. The minimum Gasteiger partial charge on any atom is -0.497 e. The molecule has 3 saturated heterocycles. The number of hydrogen-bond donors (Lipinski definition) is 7. The van der Waals surface area contributed by atoms with Gasteiger partial charge in [-0.2, -0.15) is 8.62 Å². The zero-order chi connectivity index (χ0) is 44.5. The molecule has 0 amide bonds. The van der Waals surface area contributed by atoms with Crippen LogP contribution in [0.15, 0.2) is 46.5 Å². The third kappa shape index (κ3) is 8.66. The van der Waals surface area contributed by atoms with Gasteiger partial charge in [-0.05, 0) is 19.1 Å². The largest absolute Gasteiger partial charge is 0.497 e. The number of aromatic amines is 2. The van der Waals surface area contributed by atoms with Gasteiger partial charge in [-0.3, -0.25) is 32.8 Å². The van der Waals surface area contributed by atoms with Crippen LogP contribution in [-0.2, 0) is 62.1 Å². The Morgan fingerprint density at radius 2 is 1.55 bits per heavy atom. The number of fused-ring (bicyclic) bond motifs is 3. The molecular weight excluding hydrogens is 895 g/mol. The van der Waals surface area contributed by atoms with Crippen LogP contribution in [-0.4, -0.2) is 118 Å². The molecule has 12 atom stereocenters. The molecule has 3 fully saturated rings. The number of methoxy groups -OCH3 is 2. The highest BCUT2D eigenvalue weighted by atomic mass is 31.3. The number of hydrogen-bond acceptors (Lipinski definition) is 20. The molecule has 4 aromatic heterocycles. The summed E-state index contributed by atoms with van der Waals surface area (Å²) in [7, 11) is -13.0. The third-order valence-electron chi connectivity index (χ3n) is 9.92. The van der Waals surface area contributed by atoms with E-state index in [0.29, 0.717) is 11.3 Å². The molecular formula is C31H39N9O19P3+. The minimum absolute atomic E-state index is 0.0438. The fourth-order valence-electron chi connectivity index (χ4n) is 7.32. The lowest BCUT2D eigenvalue weighted by atomic mass is 10.1. The number of phosphoric acid groups is 3. The fourth-order valence-corrected chi connectivity index (χ4v) is 10.8. The Balaban J connectivity index is 0.932. The number of rotatable bonds is 15. The molecule has 28 nitrogen and oxygen atoms in total. The molecule has 5 aromatic rings. The molecule has 31 heteroatoms. The number of ether oxygens (including phenoxy) is 6. The van der Waals surface area contributed by atoms with Crippen molar-refractivity contribution in [2.24, 2.45) is 7.05 Å². The summed E-state index contributed by atoms with van der Waals surface area (Å²) >= 11 is 0. The van der Waals surface area contributed by atoms with Gasteiger partial charge >= 0.3 is 29.1 Å². The highest BCUT2D eigenvalue weighted by Gasteiger charge is 2.57. The second-order valence-electron chi connectivity index (χ2n) is 14.0. The summed E-state index contributed by atoms with van der Waals surface area (Å²) in [6.07, 6.45) is -8.16. The molecule has 7 heterocycles. The molecule has 0 aliphatic carbocycles. The summed E-state index contributed by atoms with van der Waals surface area (Å²) in [5.74, 6) is 0.586. The van der Waals surface area contributed by atoms with E-state index in [1.54, 1.807) is 31.3 Å². The number of aryl methyl sites for hydroxylation is 2. The highest BCUT2D eigenvalue weighted by molar-refractivity contribution is 7.66. The molecule has 8 N–H and O–H groups in total. The number of anilines is 1. The lowest BCUT2D eigenvalue weighted by molar-refractivity contribution is -0.746. The van der Waals surface area contributed by atoms with Crippen molar-refractivity contribution in [1.29, 1.82) is 0 Å². The lowest BCUT2D eigenvalue weighted by Gasteiger charge is -2.22. The maximum absolute atomic E-state index is 13.1. The molecule has 336 valence electrons. The molecule has 3 aliphatic heterocycles. The van der Waals surface area contributed by atoms with Crippen LogP contribution in [0.2, 0.25) is 0 Å². The normalized spacial score (nSPS) is 29.1. The van der Waals surface area contributed by atoms with Crippen molar-refractivity contribution in [1.82, 2.24) is 34.1 Å². The number of phosphoric ester groups is 2. The maximum atomic E-state index is 13.1. The summed E-state index contributed by atoms with van der Waals surface area (Å²) < 4.78 is 96.2. The Hall–Kier alpha value is -4.31. The number of H-pyrrole nitrogens is 2. The van der Waals surface area contributed by atoms with Gasteiger partial charge < -0.3 is 58.9 Å². The first kappa shape index (κ1) is 44.3. The molecule has 6 unspecified atom stereocenters. The van der Waals surface area contributed by atoms with E-state index in [-0.39, 0.29) is 34.1 Å². The van der Waals surface area contributed by atoms with Crippen molar-refractivity contribution in [3.63, 3.8) is 0 Å². The van der Waals surface area contributed by atoms with Crippen LogP contribution in [0.25, 0.3) is 22.3 Å². The van der Waals surface area contributed by atoms with Gasteiger partial charge in [0.25, 0.3) is 17.1 Å². The van der Waals surface area contributed by atoms with Crippen LogP contribution in [0.3, 0.4) is 0 Å². The summed E-state index contributed by atoms with van der Waals surface area (Å²) in [6, 6.07) is 6.69. The van der Waals surface area contributed by atoms with Crippen LogP contribution in [0.1, 0.15) is 30.1 Å². The number of benzene rings is 1. The van der Waals surface area contributed by atoms with E-state index >= 15 is 0 Å². The van der Waals surface area contributed by atoms with Crippen molar-refractivity contribution in [3.8, 4) is 5.75 Å². The predicted octanol–water partition coefficient (Wildman–Crippen LogP) is -0.397. The zero-order valence-electron chi connectivity index (χ0n) is 32.6. The van der Waals surface area contributed by atoms with Gasteiger partial charge in [-0.15, -0.1) is 0 Å². The molecule has 0 saturated carbocycles. The van der Waals surface area contributed by atoms with Gasteiger partial charge in [0.05, 0.1) is 33.7 Å². The molecule has 62 heavy (non-hydrogen) atoms. The van der Waals surface area contributed by atoms with Crippen LogP contribution in [0.4, 0.5) is 5.95 Å². The first-order valence-corrected chi connectivity index (χ1v) is 22.6. The van der Waals surface area contributed by atoms with E-state index in [0.717, 1.165) is 0 Å². The Morgan fingerprint density at radius 3 is 2.21 bits per heavy atom. The quantitative estimate of drug-likeness (QED) is 0.0519. The van der Waals surface area contributed by atoms with Crippen LogP contribution in [0, 0.1) is 6.92 Å². The van der Waals surface area contributed by atoms with Crippen molar-refractivity contribution < 1.29 is 84.1 Å². The predicted molar refractivity (Wildman–Crippen MR) is 202 cm³/mol. The number of nitrogens with zero attached hydrogens (tertiary/aromatic N) is 6. The molecule has 1 aromatic carbocycles. The van der Waals surface area contributed by atoms with Crippen LogP contribution in [0.5, 0.6) is 5.75 Å². The lowest BCUT2D eigenvalue weighted by Crippen LogP contribution is -2.45. The van der Waals surface area contributed by atoms with Crippen LogP contribution >= 0.6 is 23.5 Å². The topological polar surface area (TPSA) is 369 Å². The standard InChI is InChI=1S/C31H38N9O19P3/c1-13-34-24-18(26(42)35-13)33-11-39(24)28-20(41)21(51-4)16(54-28)9-52-60(44,45)58-62(48,49)59-61(46,47)53-10-17-22-23(57-30(56-22)14-5-7-15(50-3)8-6-14)29(55-17)40-12-38(2)19-25(40)36-31(32)37-27(19)43/h5-8,11-12,16-17,20-23,28-30,41H,9-10H2,1-4H3,(H6-,32,34,35,36,37,42,43,44,45,46,47,48,49)/p+1/t16-,17-,20+,21?,22+,23?,28-,29-,30?/m1/s1. The molecule has 0 radical (unpaired) electrons. The Bertz CT molecular complexity index is 2760. The number of nitrogens with one attached hydrogen (secondary N) is 2. The van der Waals surface area contributed by atoms with E-state index in [1.165, 1.54) is 47.5 Å². The molecule has 8 rings (SSSR count). The first-order chi connectivity index (χ1) is 29.3. The SMILES string of the molecule is COc1ccc(C2OC3[C@@H](O2)[C@@H](COP(=O)(O)OP(=O)(O)OP(=O)(O)OC[C@H]2O[C@@H](n4cnc5c(=O)[nH]c(C)nc54)[C@@H](O)C2OC)O[C@H]3[n+]2cn(C)c3c(=O)[nH]c(N)nc32)cc1. The molecule has 0 spiro atoms. The van der Waals surface area contributed by atoms with E-state index in [4.69, 9.17) is 43.2 Å². The zero-order valence-corrected chi connectivity index (χ0v) is 35.3. The summed E-state index contributed by atoms with van der Waals surface area (Å²) in [5, 5.41) is 11.0. The van der Waals surface area contributed by atoms with Gasteiger partial charge in [-0.25, -0.2) is 28.2 Å². The summed E-state index contributed by atoms with van der Waals surface area (Å²) in [4.78, 5) is 73.6. The van der Waals surface area contributed by atoms with Gasteiger partial charge in [-0.1, -0.05) is 17.1 Å². The second-order valence-corrected chi connectivity index (χ2v) is 18.7. The van der Waals surface area contributed by atoms with Crippen LogP contribution < -0.4 is 26.2 Å². The van der Waals surface area contributed by atoms with E-state index in [2.05, 4.69) is 33.5 Å². The van der Waals surface area contributed by atoms with E-state index in [1.807, 2.05) is 0 Å². The highest BCUT2D eigenvalue weighted by Crippen LogP contribution is 2.68. The molecule has 3 aliphatic rings. The minimum atomic E-state index is -5.97. The average Bonchev–Trinajstić information content (AvgIpc) is 4.00. The number of nitrogens with two attached hydrogens (primary N) is 1. The number of aliphatic hydroxyl groups is 1. The van der Waals surface area contributed by atoms with Gasteiger partial charge in [0.1, 0.15) is 48.2 Å². The first-order valence-electron chi connectivity index (χ1n) is 18.1. The van der Waals surface area contributed by atoms with Crippen molar-refractivity contribution in [3.05, 3.63) is 69.0 Å². The number of nitrogen functional groups attached to an aromatic ring is 1. The Kier molecular flexibility index (Phi) is 11.9. The molecule has 0 bridgehead atoms. The Morgan fingerprint density at radius 1 is 0.887 bits per heavy atom. The van der Waals surface area contributed by atoms with E-state index < -0.39 is 103 Å². The fraction of sp³-hybridized carbons (Fsp3) is 0.484. The van der Waals surface area contributed by atoms with Gasteiger partial charge in [0.15, 0.2) is 30.0 Å². The van der Waals surface area contributed by atoms with E-state index in [9.17, 15) is 43.1 Å². The number of aromatic nitrogens is 8. The maximum Gasteiger partial charge on any atom is 0.490 e. The number of imidazole rings is 2. The third-order valence-corrected chi connectivity index (χ3v) is 14.2. The Labute approximate surface area is 346 Å². The van der Waals surface area contributed by atoms with Gasteiger partial charge in [0, 0.05) is 12.7 Å². The average molecular weight is 935 g/mol. The smallest absolute Gasteiger partial charge is 0.490 e. The number of aliphatic hydroxyl groups excluding tert-OH is 1. The van der Waals surface area contributed by atoms with Crippen molar-refractivity contribution >= 4 is 51.7 Å². The summed E-state index contributed by atoms with van der Waals surface area (Å²) in [6.45, 7) is -0.264. The van der Waals surface area contributed by atoms with Crippen molar-refractivity contribution in [2.75, 3.05) is 33.2 Å². The summed E-state index contributed by atoms with van der Waals surface area (Å²) in [5.41, 5.74) is 5.45. The van der Waals surface area contributed by atoms with Crippen molar-refractivity contribution in [2.45, 2.75) is 62.3 Å².